The van der Waals surface area contributed by atoms with Gasteiger partial charge in [-0.25, -0.2) is 0 Å². The second-order valence-corrected chi connectivity index (χ2v) is 30.5. The summed E-state index contributed by atoms with van der Waals surface area (Å²) >= 11 is 0. The number of esters is 4. The van der Waals surface area contributed by atoms with Crippen molar-refractivity contribution in [2.75, 3.05) is 26.4 Å². The van der Waals surface area contributed by atoms with Crippen LogP contribution in [0, 0.1) is 47.3 Å². The molecule has 4 aliphatic carbocycles. The van der Waals surface area contributed by atoms with E-state index in [1.807, 2.05) is 72.9 Å². The van der Waals surface area contributed by atoms with Crippen LogP contribution in [0.2, 0.25) is 0 Å². The Balaban J connectivity index is -0.00000106. The molecule has 3 fully saturated rings. The van der Waals surface area contributed by atoms with Gasteiger partial charge in [0.2, 0.25) is 0 Å². The fraction of sp³-hybridized carbons (Fsp3) is 0.790. The molecule has 2 saturated heterocycles. The third kappa shape index (κ3) is 28.4. The van der Waals surface area contributed by atoms with Gasteiger partial charge in [-0.05, 0) is 177 Å². The Morgan fingerprint density at radius 2 is 0.926 bits per heavy atom. The third-order valence-corrected chi connectivity index (χ3v) is 19.3. The molecule has 20 nitrogen and oxygen atoms in total. The van der Waals surface area contributed by atoms with Gasteiger partial charge in [-0.2, -0.15) is 43.2 Å². The maximum Gasteiger partial charge on any atom is 2.00 e. The molecule has 0 aromatic heterocycles. The van der Waals surface area contributed by atoms with Gasteiger partial charge in [0.1, 0.15) is 5.78 Å². The van der Waals surface area contributed by atoms with Crippen LogP contribution in [0.15, 0.2) is 34.8 Å². The molecule has 4 unspecified atom stereocenters. The van der Waals surface area contributed by atoms with E-state index in [0.29, 0.717) is 65.0 Å². The van der Waals surface area contributed by atoms with Gasteiger partial charge < -0.3 is 66.6 Å². The molecule has 540 valence electrons. The van der Waals surface area contributed by atoms with E-state index in [9.17, 15) is 71.9 Å². The first-order chi connectivity index (χ1) is 41.0. The van der Waals surface area contributed by atoms with E-state index in [1.165, 1.54) is 5.57 Å². The molecule has 4 atom stereocenters. The summed E-state index contributed by atoms with van der Waals surface area (Å²) in [6.45, 7) is 45.6. The number of alkyl halides is 6. The van der Waals surface area contributed by atoms with E-state index in [2.05, 4.69) is 74.5 Å². The molecule has 2 aliphatic heterocycles. The number of halogens is 7. The second-order valence-electron chi connectivity index (χ2n) is 27.2. The minimum atomic E-state index is -6.85. The standard InChI is InChI=1S/C17H29BO4.C12H20O2.C11H18O3.C10H14O3.C9H19BO3.C2F6O5S2.CH3.BrH.Mg/c1-8-20-14(19)13-10-9-12(11-15(13,2)3)18-21-16(4,5)17(6,7)22-18;1-5-14-11(13)10-7-6-9(2)8-12(10,3)4;1-4-14-10(13)9-6-5-8(12)7-11(9,2)3;1-3-13-10(12)9-5-4-8(11)6-7(9)2;1-7(2)11-10-12-8(3,4)9(5,6)13-10;3-1(4,5)14(9,10)13-15(11,12)2(6,7)8;;;/h9,13H,8,10-11H2,1-7H3;6,10H,5,7-8H2,1-4H3;9H,4-7H2,1-3H3;6,9H,3-5H2,1-2H3;7H,1-6H3;;1H3;1H;/q;;;;;;-1;;+2/p-1. The summed E-state index contributed by atoms with van der Waals surface area (Å²) in [6.07, 6.45) is 11.9. The second kappa shape index (κ2) is 38.0. The number of Topliss-reactive ketones (excluding diaryl/α,β-unsaturated/α-hetero) is 1. The molecular formula is C62H103B2BrF6MgO20S2. The van der Waals surface area contributed by atoms with Gasteiger partial charge in [0.05, 0.1) is 72.5 Å². The maximum atomic E-state index is 12.1. The number of allylic oxidation sites excluding steroid dienone is 5. The SMILES string of the molecule is CC(C)OB1OC(C)(C)C(C)(C)O1.CCOC(=O)C1CC=C(B2OC(C)(C)C(C)(C)O2)CC1(C)C.CCOC(=O)C1CC=C(C)CC1(C)C.CCOC(=O)C1CCC(=O)C=C1C.CCOC(=O)C1CCC(=O)CC1(C)C.O=S(=O)(OS(=O)(=O)C(F)(F)F)C(F)(F)F.[Br-].[CH3-].[Mg+2]. The van der Waals surface area contributed by atoms with Crippen molar-refractivity contribution in [3.05, 3.63) is 42.3 Å². The van der Waals surface area contributed by atoms with E-state index in [4.69, 9.17) is 42.2 Å². The first-order valence-electron chi connectivity index (χ1n) is 30.5. The van der Waals surface area contributed by atoms with Crippen LogP contribution in [0.25, 0.3) is 0 Å². The van der Waals surface area contributed by atoms with Crippen molar-refractivity contribution < 1.29 is 135 Å². The molecule has 0 radical (unpaired) electrons. The fourth-order valence-corrected chi connectivity index (χ4v) is 11.8. The summed E-state index contributed by atoms with van der Waals surface area (Å²) in [7, 11) is -14.5. The van der Waals surface area contributed by atoms with Crippen LogP contribution in [-0.4, -0.2) is 156 Å². The summed E-state index contributed by atoms with van der Waals surface area (Å²) < 4.78 is 159. The van der Waals surface area contributed by atoms with Crippen LogP contribution < -0.4 is 17.0 Å². The molecule has 94 heavy (non-hydrogen) atoms. The monoisotopic (exact) mass is 1470 g/mol. The fourth-order valence-electron chi connectivity index (χ4n) is 10.2. The van der Waals surface area contributed by atoms with Crippen LogP contribution in [0.4, 0.5) is 26.3 Å². The van der Waals surface area contributed by atoms with E-state index in [-0.39, 0.29) is 158 Å². The van der Waals surface area contributed by atoms with Crippen molar-refractivity contribution >= 4 is 93.2 Å². The molecule has 6 aliphatic rings. The molecule has 0 aromatic rings. The van der Waals surface area contributed by atoms with Crippen molar-refractivity contribution in [3.8, 4) is 0 Å². The molecule has 0 N–H and O–H groups in total. The summed E-state index contributed by atoms with van der Waals surface area (Å²) in [5.74, 6) is -0.497. The third-order valence-electron chi connectivity index (χ3n) is 16.7. The average Bonchev–Trinajstić information content (AvgIpc) is 1.55. The number of carbonyl (C=O) groups excluding carboxylic acids is 6. The minimum absolute atomic E-state index is 0. The zero-order valence-corrected chi connectivity index (χ0v) is 63.9. The van der Waals surface area contributed by atoms with Crippen LogP contribution in [0.3, 0.4) is 0 Å². The zero-order chi connectivity index (χ0) is 71.1. The smallest absolute Gasteiger partial charge is 1.00 e. The molecular weight excluding hydrogens is 1370 g/mol. The van der Waals surface area contributed by atoms with E-state index in [0.717, 1.165) is 30.3 Å². The molecule has 0 spiro atoms. The number of hydrogen-bond acceptors (Lipinski definition) is 20. The van der Waals surface area contributed by atoms with Gasteiger partial charge in [-0.3, -0.25) is 28.8 Å². The molecule has 1 saturated carbocycles. The van der Waals surface area contributed by atoms with Crippen LogP contribution in [0.5, 0.6) is 0 Å². The summed E-state index contributed by atoms with van der Waals surface area (Å²) in [6, 6.07) is 0. The number of carbonyl (C=O) groups is 6. The maximum absolute atomic E-state index is 12.1. The number of rotatable bonds is 13. The van der Waals surface area contributed by atoms with Crippen molar-refractivity contribution in [1.82, 2.24) is 0 Å². The topological polar surface area (TPSA) is 263 Å². The normalized spacial score (nSPS) is 23.6. The Hall–Kier alpha value is -2.94. The van der Waals surface area contributed by atoms with Gasteiger partial charge in [-0.15, -0.1) is 3.63 Å². The number of hydrogen-bond donors (Lipinski definition) is 0. The quantitative estimate of drug-likeness (QED) is 0.0316. The Kier molecular flexibility index (Phi) is 38.5. The largest absolute Gasteiger partial charge is 2.00 e. The van der Waals surface area contributed by atoms with E-state index >= 15 is 0 Å². The van der Waals surface area contributed by atoms with Gasteiger partial charge in [0.15, 0.2) is 5.78 Å². The molecule has 6 rings (SSSR count). The van der Waals surface area contributed by atoms with Crippen molar-refractivity contribution in [2.24, 2.45) is 39.9 Å². The Labute approximate surface area is 582 Å². The molecule has 0 aromatic carbocycles. The van der Waals surface area contributed by atoms with Crippen LogP contribution in [-0.2, 0) is 94.9 Å². The van der Waals surface area contributed by atoms with Crippen LogP contribution >= 0.6 is 0 Å². The van der Waals surface area contributed by atoms with Gasteiger partial charge in [0, 0.05) is 25.4 Å². The number of ketones is 2. The van der Waals surface area contributed by atoms with Gasteiger partial charge in [0.25, 0.3) is 0 Å². The molecule has 0 amide bonds. The Bertz CT molecular complexity index is 2760. The summed E-state index contributed by atoms with van der Waals surface area (Å²) in [4.78, 5) is 69.0. The summed E-state index contributed by atoms with van der Waals surface area (Å²) in [5.41, 5.74) is -10.8. The molecule has 32 heteroatoms. The molecule has 0 bridgehead atoms. The predicted octanol–water partition coefficient (Wildman–Crippen LogP) is 9.67. The number of ether oxygens (including phenoxy) is 4. The van der Waals surface area contributed by atoms with Gasteiger partial charge in [-0.1, -0.05) is 64.8 Å². The predicted molar refractivity (Wildman–Crippen MR) is 341 cm³/mol. The zero-order valence-electron chi connectivity index (χ0n) is 59.3. The van der Waals surface area contributed by atoms with Crippen molar-refractivity contribution in [2.45, 2.75) is 250 Å². The average molecular weight is 1470 g/mol. The molecule has 2 heterocycles. The van der Waals surface area contributed by atoms with Crippen molar-refractivity contribution in [1.29, 1.82) is 0 Å². The first-order valence-corrected chi connectivity index (χ1v) is 33.3. The summed E-state index contributed by atoms with van der Waals surface area (Å²) in [5, 5.41) is 0. The van der Waals surface area contributed by atoms with Gasteiger partial charge >= 0.3 is 92.6 Å². The van der Waals surface area contributed by atoms with Crippen LogP contribution in [0.1, 0.15) is 210 Å². The Morgan fingerprint density at radius 1 is 0.564 bits per heavy atom. The van der Waals surface area contributed by atoms with E-state index in [1.54, 1.807) is 26.8 Å². The first kappa shape index (κ1) is 95.2. The van der Waals surface area contributed by atoms with Crippen molar-refractivity contribution in [3.63, 3.8) is 0 Å². The minimum Gasteiger partial charge on any atom is -1.00 e. The van der Waals surface area contributed by atoms with E-state index < -0.39 is 38.6 Å². The Morgan fingerprint density at radius 3 is 1.28 bits per heavy atom.